The van der Waals surface area contributed by atoms with Gasteiger partial charge in [-0.2, -0.15) is 21.8 Å². The van der Waals surface area contributed by atoms with E-state index < -0.39 is 55.5 Å². The van der Waals surface area contributed by atoms with Crippen LogP contribution in [0.3, 0.4) is 0 Å². The first-order chi connectivity index (χ1) is 40.2. The fourth-order valence-corrected chi connectivity index (χ4v) is 13.4. The van der Waals surface area contributed by atoms with E-state index in [4.69, 9.17) is 16.2 Å². The van der Waals surface area contributed by atoms with Crippen molar-refractivity contribution in [2.24, 2.45) is 0 Å². The minimum Gasteiger partial charge on any atom is -0.444 e. The number of nitrogens with zero attached hydrogens (tertiary/aromatic N) is 4. The number of nitrogens with one attached hydrogen (secondary N) is 4. The smallest absolute Gasteiger partial charge is 0.444 e. The molecule has 6 aromatic rings. The van der Waals surface area contributed by atoms with Gasteiger partial charge in [0.2, 0.25) is 20.0 Å². The van der Waals surface area contributed by atoms with Gasteiger partial charge in [0.25, 0.3) is 11.8 Å². The third-order valence-electron chi connectivity index (χ3n) is 14.5. The molecule has 0 radical (unpaired) electrons. The molecule has 2 aliphatic carbocycles. The maximum absolute atomic E-state index is 15.5. The number of alkyl halides is 3. The zero-order valence-electron chi connectivity index (χ0n) is 46.6. The van der Waals surface area contributed by atoms with Crippen LogP contribution in [0.5, 0.6) is 0 Å². The number of pyridine rings is 2. The van der Waals surface area contributed by atoms with Crippen LogP contribution in [-0.2, 0) is 42.4 Å². The van der Waals surface area contributed by atoms with Gasteiger partial charge in [0.1, 0.15) is 28.9 Å². The Balaban J connectivity index is 0.000000204. The number of hydrogen-bond acceptors (Lipinski definition) is 13. The highest BCUT2D eigenvalue weighted by molar-refractivity contribution is 7.89. The minimum atomic E-state index is -5.03. The maximum Gasteiger partial charge on any atom is 0.471 e. The third-order valence-corrected chi connectivity index (χ3v) is 18.4. The lowest BCUT2D eigenvalue weighted by Gasteiger charge is -2.23. The number of sulfonamides is 2. The number of alkyl carbamates (subject to hydrolysis) is 1. The van der Waals surface area contributed by atoms with Gasteiger partial charge in [0.05, 0.1) is 9.79 Å². The highest BCUT2D eigenvalue weighted by atomic mass is 32.2. The summed E-state index contributed by atoms with van der Waals surface area (Å²) in [6, 6.07) is 20.9. The first kappa shape index (κ1) is 61.5. The van der Waals surface area contributed by atoms with Crippen molar-refractivity contribution in [3.8, 4) is 44.5 Å². The number of aromatic nitrogens is 2. The number of ether oxygens (including phenoxy) is 1. The van der Waals surface area contributed by atoms with E-state index in [0.29, 0.717) is 84.1 Å². The highest BCUT2D eigenvalue weighted by Crippen LogP contribution is 2.38. The molecule has 4 aliphatic rings. The third kappa shape index (κ3) is 14.5. The van der Waals surface area contributed by atoms with Crippen LogP contribution >= 0.6 is 0 Å². The highest BCUT2D eigenvalue weighted by Gasteiger charge is 2.41. The van der Waals surface area contributed by atoms with E-state index in [9.17, 15) is 49.2 Å². The van der Waals surface area contributed by atoms with Crippen LogP contribution in [-0.4, -0.2) is 122 Å². The van der Waals surface area contributed by atoms with Crippen LogP contribution < -0.4 is 32.7 Å². The molecule has 26 heteroatoms. The lowest BCUT2D eigenvalue weighted by atomic mass is 9.94. The monoisotopic (exact) mass is 1210 g/mol. The van der Waals surface area contributed by atoms with E-state index in [1.807, 2.05) is 12.1 Å². The predicted octanol–water partition coefficient (Wildman–Crippen LogP) is 8.14. The summed E-state index contributed by atoms with van der Waals surface area (Å²) in [4.78, 5) is 55.2. The molecule has 4 amide bonds. The molecule has 0 atom stereocenters. The zero-order chi connectivity index (χ0) is 61.2. The van der Waals surface area contributed by atoms with Crippen molar-refractivity contribution in [3.05, 3.63) is 131 Å². The molecule has 10 rings (SSSR count). The number of rotatable bonds is 18. The van der Waals surface area contributed by atoms with Crippen LogP contribution in [0.15, 0.2) is 107 Å². The molecule has 85 heavy (non-hydrogen) atoms. The van der Waals surface area contributed by atoms with E-state index in [0.717, 1.165) is 46.0 Å². The van der Waals surface area contributed by atoms with Crippen LogP contribution in [0, 0.1) is 11.6 Å². The van der Waals surface area contributed by atoms with E-state index in [1.165, 1.54) is 41.0 Å². The van der Waals surface area contributed by atoms with Crippen LogP contribution in [0.2, 0.25) is 0 Å². The lowest BCUT2D eigenvalue weighted by molar-refractivity contribution is -0.173. The molecular formula is C59H63F5N10O9S2. The summed E-state index contributed by atoms with van der Waals surface area (Å²) in [6.07, 6.45) is 1.49. The summed E-state index contributed by atoms with van der Waals surface area (Å²) in [6.45, 7) is 6.26. The molecule has 0 saturated heterocycles. The van der Waals surface area contributed by atoms with Crippen LogP contribution in [0.4, 0.5) is 38.4 Å². The Morgan fingerprint density at radius 2 is 1.01 bits per heavy atom. The normalized spacial score (nSPS) is 15.2. The first-order valence-corrected chi connectivity index (χ1v) is 30.4. The fourth-order valence-electron chi connectivity index (χ4n) is 9.95. The number of halogens is 5. The lowest BCUT2D eigenvalue weighted by Crippen LogP contribution is -2.39. The van der Waals surface area contributed by atoms with Gasteiger partial charge >= 0.3 is 18.2 Å². The van der Waals surface area contributed by atoms with Crippen molar-refractivity contribution in [1.82, 2.24) is 39.8 Å². The molecule has 2 aliphatic heterocycles. The van der Waals surface area contributed by atoms with E-state index in [2.05, 4.69) is 25.9 Å². The molecule has 0 bridgehead atoms. The summed E-state index contributed by atoms with van der Waals surface area (Å²) in [5.74, 6) is -3.45. The second-order valence-electron chi connectivity index (χ2n) is 21.9. The largest absolute Gasteiger partial charge is 0.471 e. The van der Waals surface area contributed by atoms with Crippen molar-refractivity contribution in [2.75, 3.05) is 50.7 Å². The molecule has 19 nitrogen and oxygen atoms in total. The molecule has 4 aromatic carbocycles. The number of fused-ring (bicyclic) bond motifs is 2. The second kappa shape index (κ2) is 24.9. The Labute approximate surface area is 488 Å². The van der Waals surface area contributed by atoms with Gasteiger partial charge in [0.15, 0.2) is 0 Å². The second-order valence-corrected chi connectivity index (χ2v) is 25.7. The standard InChI is InChI=1S/C31H36FN5O5S.C28H27F4N5O4S/c1-31(2,3)42-30(39)35-12-4-14-37(22-6-7-22)43(40,41)23-8-10-24(27(32)17-23)21-16-26(28(33)36-18-21)19-5-9-25-20(15-19)11-13-34-29(25)38;29-24-14-20(42(40,41)37(19-3-4-19)11-1-9-35-27(39)28(30,31)32)5-7-21(24)18-13-23(25(33)36-15-18)16-2-6-22-17(12-16)8-10-34-26(22)38/h5,8-10,15-18,22H,4,6-7,11-14H2,1-3H3,(H2,33,36)(H,34,38)(H,35,39);2,5-7,12-15,19H,1,3-4,8-11H2,(H2,33,36)(H,34,38)(H,35,39). The van der Waals surface area contributed by atoms with Gasteiger partial charge < -0.3 is 37.5 Å². The quantitative estimate of drug-likeness (QED) is 0.0351. The number of nitrogen functional groups attached to an aromatic ring is 2. The summed E-state index contributed by atoms with van der Waals surface area (Å²) in [5.41, 5.74) is 18.2. The number of amides is 4. The molecule has 2 aromatic heterocycles. The predicted molar refractivity (Wildman–Crippen MR) is 307 cm³/mol. The zero-order valence-corrected chi connectivity index (χ0v) is 48.2. The Morgan fingerprint density at radius 1 is 0.600 bits per heavy atom. The number of anilines is 2. The van der Waals surface area contributed by atoms with E-state index in [1.54, 1.807) is 62.5 Å². The number of carbonyl (C=O) groups excluding carboxylic acids is 4. The average molecular weight is 1220 g/mol. The summed E-state index contributed by atoms with van der Waals surface area (Å²) < 4.78 is 130. The van der Waals surface area contributed by atoms with E-state index >= 15 is 8.78 Å². The molecule has 2 fully saturated rings. The summed E-state index contributed by atoms with van der Waals surface area (Å²) in [7, 11) is -8.15. The molecular weight excluding hydrogens is 1150 g/mol. The van der Waals surface area contributed by atoms with Crippen molar-refractivity contribution >= 4 is 55.5 Å². The fraction of sp³-hybridized carbons (Fsp3) is 0.356. The Hall–Kier alpha value is -8.07. The topological polar surface area (TPSA) is 278 Å². The molecule has 4 heterocycles. The Morgan fingerprint density at radius 3 is 1.40 bits per heavy atom. The maximum atomic E-state index is 15.5. The van der Waals surface area contributed by atoms with Crippen molar-refractivity contribution in [3.63, 3.8) is 0 Å². The molecule has 450 valence electrons. The SMILES string of the molecule is CC(C)(C)OC(=O)NCCCN(C1CC1)S(=O)(=O)c1ccc(-c2cnc(N)c(-c3ccc4c(c3)CCNC4=O)c2)c(F)c1.Nc1ncc(-c2ccc(S(=O)(=O)N(CCCNC(=O)C(F)(F)F)C3CC3)cc2F)cc1-c1ccc2c(c1)CCNC2=O. The van der Waals surface area contributed by atoms with Gasteiger partial charge in [0, 0.05) is 108 Å². The Bertz CT molecular complexity index is 3820. The van der Waals surface area contributed by atoms with Gasteiger partial charge in [-0.25, -0.2) is 40.4 Å². The minimum absolute atomic E-state index is 0.0502. The van der Waals surface area contributed by atoms with E-state index in [-0.39, 0.29) is 89.1 Å². The van der Waals surface area contributed by atoms with Crippen LogP contribution in [0.25, 0.3) is 44.5 Å². The summed E-state index contributed by atoms with van der Waals surface area (Å²) in [5, 5.41) is 9.96. The van der Waals surface area contributed by atoms with Gasteiger partial charge in [-0.1, -0.05) is 36.4 Å². The summed E-state index contributed by atoms with van der Waals surface area (Å²) >= 11 is 0. The van der Waals surface area contributed by atoms with Crippen LogP contribution in [0.1, 0.15) is 91.1 Å². The molecule has 0 spiro atoms. The Kier molecular flexibility index (Phi) is 18.0. The van der Waals surface area contributed by atoms with Gasteiger partial charge in [-0.15, -0.1) is 0 Å². The number of nitrogens with two attached hydrogens (primary N) is 2. The van der Waals surface area contributed by atoms with Crippen molar-refractivity contribution in [1.29, 1.82) is 0 Å². The van der Waals surface area contributed by atoms with Crippen molar-refractivity contribution in [2.45, 2.75) is 106 Å². The number of carbonyl (C=O) groups is 4. The molecule has 8 N–H and O–H groups in total. The van der Waals surface area contributed by atoms with Gasteiger partial charge in [-0.3, -0.25) is 14.4 Å². The average Bonchev–Trinajstić information content (AvgIpc) is 2.95. The van der Waals surface area contributed by atoms with Gasteiger partial charge in [-0.05, 0) is 143 Å². The molecule has 0 unspecified atom stereocenters. The van der Waals surface area contributed by atoms with Crippen molar-refractivity contribution < 1.29 is 62.7 Å². The molecule has 2 saturated carbocycles. The number of hydrogen-bond donors (Lipinski definition) is 6. The first-order valence-electron chi connectivity index (χ1n) is 27.5. The number of benzene rings is 4.